The summed E-state index contributed by atoms with van der Waals surface area (Å²) in [6, 6.07) is 6.53. The van der Waals surface area contributed by atoms with Gasteiger partial charge in [0.05, 0.1) is 25.7 Å². The van der Waals surface area contributed by atoms with Gasteiger partial charge in [0.1, 0.15) is 11.6 Å². The van der Waals surface area contributed by atoms with Gasteiger partial charge in [0.25, 0.3) is 5.91 Å². The highest BCUT2D eigenvalue weighted by Gasteiger charge is 2.31. The maximum atomic E-state index is 12.5. The second-order valence-corrected chi connectivity index (χ2v) is 8.29. The minimum Gasteiger partial charge on any atom is -0.493 e. The van der Waals surface area contributed by atoms with Crippen molar-refractivity contribution in [3.8, 4) is 17.6 Å². The first kappa shape index (κ1) is 20.6. The molecule has 1 unspecified atom stereocenters. The molecule has 9 heteroatoms. The van der Waals surface area contributed by atoms with E-state index in [1.807, 2.05) is 13.0 Å². The number of ether oxygens (including phenoxy) is 2. The maximum Gasteiger partial charge on any atom is 0.267 e. The zero-order chi connectivity index (χ0) is 20.0. The van der Waals surface area contributed by atoms with Gasteiger partial charge in [-0.1, -0.05) is 0 Å². The van der Waals surface area contributed by atoms with E-state index in [-0.39, 0.29) is 23.1 Å². The van der Waals surface area contributed by atoms with Crippen LogP contribution in [0.4, 0.5) is 5.69 Å². The highest BCUT2D eigenvalue weighted by molar-refractivity contribution is 7.91. The maximum absolute atomic E-state index is 12.5. The summed E-state index contributed by atoms with van der Waals surface area (Å²) in [6.07, 6.45) is 1.92. The molecule has 0 aromatic heterocycles. The third-order valence-electron chi connectivity index (χ3n) is 4.34. The van der Waals surface area contributed by atoms with Gasteiger partial charge in [0, 0.05) is 30.5 Å². The average molecular weight is 393 g/mol. The Kier molecular flexibility index (Phi) is 6.69. The lowest BCUT2D eigenvalue weighted by Crippen LogP contribution is -2.32. The van der Waals surface area contributed by atoms with Crippen LogP contribution in [0, 0.1) is 11.3 Å². The Hall–Kier alpha value is -2.73. The fourth-order valence-corrected chi connectivity index (χ4v) is 4.65. The minimum absolute atomic E-state index is 0.0351. The molecular weight excluding hydrogens is 370 g/mol. The highest BCUT2D eigenvalue weighted by atomic mass is 32.2. The van der Waals surface area contributed by atoms with Gasteiger partial charge in [0.2, 0.25) is 0 Å². The molecule has 1 aliphatic heterocycles. The molecule has 1 aliphatic rings. The normalized spacial score (nSPS) is 18.4. The molecule has 1 atom stereocenters. The number of rotatable bonds is 7. The van der Waals surface area contributed by atoms with E-state index in [0.29, 0.717) is 30.2 Å². The molecular formula is C18H23N3O5S. The van der Waals surface area contributed by atoms with Crippen LogP contribution in [-0.4, -0.2) is 57.5 Å². The van der Waals surface area contributed by atoms with Crippen LogP contribution < -0.4 is 14.8 Å². The first-order valence-electron chi connectivity index (χ1n) is 8.45. The minimum atomic E-state index is -3.06. The lowest BCUT2D eigenvalue weighted by atomic mass is 10.2. The van der Waals surface area contributed by atoms with Crippen LogP contribution in [0.2, 0.25) is 0 Å². The molecule has 1 aromatic carbocycles. The predicted octanol–water partition coefficient (Wildman–Crippen LogP) is 1.56. The summed E-state index contributed by atoms with van der Waals surface area (Å²) >= 11 is 0. The van der Waals surface area contributed by atoms with E-state index in [2.05, 4.69) is 5.32 Å². The molecule has 1 amide bonds. The van der Waals surface area contributed by atoms with E-state index >= 15 is 0 Å². The van der Waals surface area contributed by atoms with Gasteiger partial charge >= 0.3 is 0 Å². The van der Waals surface area contributed by atoms with E-state index in [1.165, 1.54) is 20.4 Å². The first-order chi connectivity index (χ1) is 12.8. The smallest absolute Gasteiger partial charge is 0.267 e. The van der Waals surface area contributed by atoms with Crippen LogP contribution in [0.3, 0.4) is 0 Å². The Labute approximate surface area is 159 Å². The van der Waals surface area contributed by atoms with Crippen LogP contribution >= 0.6 is 0 Å². The number of anilines is 1. The van der Waals surface area contributed by atoms with Crippen LogP contribution in [-0.2, 0) is 14.6 Å². The number of amides is 1. The lowest BCUT2D eigenvalue weighted by molar-refractivity contribution is -0.112. The molecule has 0 aliphatic carbocycles. The second kappa shape index (κ2) is 8.77. The van der Waals surface area contributed by atoms with Gasteiger partial charge in [-0.15, -0.1) is 0 Å². The van der Waals surface area contributed by atoms with Crippen molar-refractivity contribution >= 4 is 21.4 Å². The summed E-state index contributed by atoms with van der Waals surface area (Å²) < 4.78 is 33.7. The molecule has 1 aromatic rings. The number of nitrogens with one attached hydrogen (secondary N) is 1. The number of nitrogens with zero attached hydrogens (tertiary/aromatic N) is 2. The topological polar surface area (TPSA) is 109 Å². The zero-order valence-corrected chi connectivity index (χ0v) is 16.4. The van der Waals surface area contributed by atoms with Gasteiger partial charge in [-0.3, -0.25) is 4.79 Å². The predicted molar refractivity (Wildman–Crippen MR) is 101 cm³/mol. The van der Waals surface area contributed by atoms with Crippen molar-refractivity contribution in [1.82, 2.24) is 4.90 Å². The summed E-state index contributed by atoms with van der Waals surface area (Å²) in [7, 11) is -0.0623. The molecule has 0 bridgehead atoms. The standard InChI is InChI=1S/C18H23N3O5S/c1-4-21(15-7-8-27(23,24)12-15)11-13(10-19)18(22)20-14-5-6-16(25-2)17(9-14)26-3/h5-6,9,11,15H,4,7-8,12H2,1-3H3,(H,20,22)/b13-11-. The lowest BCUT2D eigenvalue weighted by Gasteiger charge is -2.25. The van der Waals surface area contributed by atoms with Gasteiger partial charge in [-0.25, -0.2) is 8.42 Å². The molecule has 0 saturated carbocycles. The molecule has 1 saturated heterocycles. The van der Waals surface area contributed by atoms with Crippen molar-refractivity contribution in [3.63, 3.8) is 0 Å². The quantitative estimate of drug-likeness (QED) is 0.553. The van der Waals surface area contributed by atoms with Crippen LogP contribution in [0.25, 0.3) is 0 Å². The number of nitriles is 1. The number of benzene rings is 1. The van der Waals surface area contributed by atoms with Crippen molar-refractivity contribution < 1.29 is 22.7 Å². The van der Waals surface area contributed by atoms with Crippen molar-refractivity contribution in [2.24, 2.45) is 0 Å². The van der Waals surface area contributed by atoms with Gasteiger partial charge in [-0.2, -0.15) is 5.26 Å². The highest BCUT2D eigenvalue weighted by Crippen LogP contribution is 2.30. The summed E-state index contributed by atoms with van der Waals surface area (Å²) in [5.74, 6) is 0.550. The fraction of sp³-hybridized carbons (Fsp3) is 0.444. The van der Waals surface area contributed by atoms with Crippen LogP contribution in [0.1, 0.15) is 13.3 Å². The third-order valence-corrected chi connectivity index (χ3v) is 6.09. The van der Waals surface area contributed by atoms with Crippen molar-refractivity contribution in [2.75, 3.05) is 37.6 Å². The third kappa shape index (κ3) is 5.14. The van der Waals surface area contributed by atoms with E-state index in [0.717, 1.165) is 0 Å². The summed E-state index contributed by atoms with van der Waals surface area (Å²) in [6.45, 7) is 2.34. The first-order valence-corrected chi connectivity index (χ1v) is 10.3. The summed E-state index contributed by atoms with van der Waals surface area (Å²) in [5, 5.41) is 12.0. The van der Waals surface area contributed by atoms with E-state index < -0.39 is 15.7 Å². The Bertz CT molecular complexity index is 873. The fourth-order valence-electron chi connectivity index (χ4n) is 2.91. The number of hydrogen-bond donors (Lipinski definition) is 1. The Morgan fingerprint density at radius 3 is 2.59 bits per heavy atom. The molecule has 1 heterocycles. The number of carbonyl (C=O) groups excluding carboxylic acids is 1. The molecule has 8 nitrogen and oxygen atoms in total. The van der Waals surface area contributed by atoms with Gasteiger partial charge in [0.15, 0.2) is 21.3 Å². The SMILES string of the molecule is CCN(/C=C(/C#N)C(=O)Nc1ccc(OC)c(OC)c1)C1CCS(=O)(=O)C1. The average Bonchev–Trinajstić information content (AvgIpc) is 3.02. The molecule has 0 spiro atoms. The zero-order valence-electron chi connectivity index (χ0n) is 15.6. The van der Waals surface area contributed by atoms with Gasteiger partial charge in [-0.05, 0) is 25.5 Å². The van der Waals surface area contributed by atoms with Crippen LogP contribution in [0.5, 0.6) is 11.5 Å². The Morgan fingerprint density at radius 1 is 1.37 bits per heavy atom. The van der Waals surface area contributed by atoms with Crippen LogP contribution in [0.15, 0.2) is 30.0 Å². The molecule has 1 fully saturated rings. The number of sulfone groups is 1. The molecule has 27 heavy (non-hydrogen) atoms. The molecule has 2 rings (SSSR count). The molecule has 0 radical (unpaired) electrons. The van der Waals surface area contributed by atoms with Crippen molar-refractivity contribution in [2.45, 2.75) is 19.4 Å². The summed E-state index contributed by atoms with van der Waals surface area (Å²) in [5.41, 5.74) is 0.348. The van der Waals surface area contributed by atoms with E-state index in [4.69, 9.17) is 9.47 Å². The van der Waals surface area contributed by atoms with E-state index in [1.54, 1.807) is 23.1 Å². The van der Waals surface area contributed by atoms with E-state index in [9.17, 15) is 18.5 Å². The molecule has 1 N–H and O–H groups in total. The Morgan fingerprint density at radius 2 is 2.07 bits per heavy atom. The van der Waals surface area contributed by atoms with Gasteiger partial charge < -0.3 is 19.7 Å². The monoisotopic (exact) mass is 393 g/mol. The number of methoxy groups -OCH3 is 2. The molecule has 146 valence electrons. The number of hydrogen-bond acceptors (Lipinski definition) is 7. The largest absolute Gasteiger partial charge is 0.493 e. The van der Waals surface area contributed by atoms with Crippen molar-refractivity contribution in [3.05, 3.63) is 30.0 Å². The number of carbonyl (C=O) groups is 1. The van der Waals surface area contributed by atoms with Crippen molar-refractivity contribution in [1.29, 1.82) is 5.26 Å². The Balaban J connectivity index is 2.17. The second-order valence-electron chi connectivity index (χ2n) is 6.07. The summed E-state index contributed by atoms with van der Waals surface area (Å²) in [4.78, 5) is 14.2.